The van der Waals surface area contributed by atoms with E-state index < -0.39 is 23.6 Å². The zero-order valence-corrected chi connectivity index (χ0v) is 14.1. The van der Waals surface area contributed by atoms with Crippen molar-refractivity contribution in [1.29, 1.82) is 0 Å². The fourth-order valence-electron chi connectivity index (χ4n) is 2.26. The second kappa shape index (κ2) is 8.46. The van der Waals surface area contributed by atoms with Crippen LogP contribution in [0.15, 0.2) is 0 Å². The van der Waals surface area contributed by atoms with Gasteiger partial charge in [-0.2, -0.15) is 11.8 Å². The molecule has 1 aliphatic heterocycles. The average Bonchev–Trinajstić information content (AvgIpc) is 2.63. The SMILES string of the molecule is BC1CC(=O)N(OC(=O)CCC(C)SC(C)CCC)C1=O. The summed E-state index contributed by atoms with van der Waals surface area (Å²) in [7, 11) is 1.65. The number of nitrogens with zero attached hydrogens (tertiary/aromatic N) is 1. The minimum atomic E-state index is -0.513. The fraction of sp³-hybridized carbons (Fsp3) is 0.786. The Balaban J connectivity index is 2.31. The molecule has 1 heterocycles. The van der Waals surface area contributed by atoms with Gasteiger partial charge in [0.15, 0.2) is 0 Å². The van der Waals surface area contributed by atoms with Crippen molar-refractivity contribution in [1.82, 2.24) is 5.06 Å². The highest BCUT2D eigenvalue weighted by Crippen LogP contribution is 2.25. The Morgan fingerprint density at radius 3 is 2.52 bits per heavy atom. The van der Waals surface area contributed by atoms with Crippen LogP contribution in [0.4, 0.5) is 0 Å². The van der Waals surface area contributed by atoms with Crippen molar-refractivity contribution in [2.24, 2.45) is 0 Å². The molecule has 5 nitrogen and oxygen atoms in total. The summed E-state index contributed by atoms with van der Waals surface area (Å²) in [5.74, 6) is -1.76. The largest absolute Gasteiger partial charge is 0.333 e. The second-order valence-corrected chi connectivity index (χ2v) is 7.56. The van der Waals surface area contributed by atoms with Gasteiger partial charge in [-0.3, -0.25) is 9.59 Å². The Kier molecular flexibility index (Phi) is 7.28. The molecule has 7 heteroatoms. The molecule has 0 aliphatic carbocycles. The predicted octanol–water partition coefficient (Wildman–Crippen LogP) is 1.72. The van der Waals surface area contributed by atoms with E-state index in [0.29, 0.717) is 22.0 Å². The lowest BCUT2D eigenvalue weighted by molar-refractivity contribution is -0.197. The molecule has 0 spiro atoms. The Bertz CT molecular complexity index is 404. The Hall–Kier alpha value is -0.975. The van der Waals surface area contributed by atoms with Crippen LogP contribution >= 0.6 is 11.8 Å². The fourth-order valence-corrected chi connectivity index (χ4v) is 3.68. The summed E-state index contributed by atoms with van der Waals surface area (Å²) in [6, 6.07) is 0. The van der Waals surface area contributed by atoms with E-state index in [2.05, 4.69) is 20.8 Å². The molecule has 0 radical (unpaired) electrons. The van der Waals surface area contributed by atoms with E-state index in [4.69, 9.17) is 4.84 Å². The average molecular weight is 313 g/mol. The summed E-state index contributed by atoms with van der Waals surface area (Å²) in [6.45, 7) is 6.43. The van der Waals surface area contributed by atoms with Gasteiger partial charge in [-0.05, 0) is 12.8 Å². The van der Waals surface area contributed by atoms with Gasteiger partial charge in [-0.25, -0.2) is 4.79 Å². The highest BCUT2D eigenvalue weighted by Gasteiger charge is 2.38. The molecule has 0 aromatic carbocycles. The molecule has 0 aromatic rings. The molecule has 118 valence electrons. The third-order valence-electron chi connectivity index (χ3n) is 3.44. The van der Waals surface area contributed by atoms with Gasteiger partial charge < -0.3 is 4.84 Å². The molecule has 21 heavy (non-hydrogen) atoms. The van der Waals surface area contributed by atoms with E-state index in [9.17, 15) is 14.4 Å². The van der Waals surface area contributed by atoms with Crippen molar-refractivity contribution >= 4 is 37.4 Å². The molecule has 0 bridgehead atoms. The summed E-state index contributed by atoms with van der Waals surface area (Å²) >= 11 is 1.86. The number of hydrogen-bond donors (Lipinski definition) is 0. The smallest absolute Gasteiger partial charge is 0.330 e. The Morgan fingerprint density at radius 1 is 1.38 bits per heavy atom. The van der Waals surface area contributed by atoms with Crippen molar-refractivity contribution < 1.29 is 19.2 Å². The first-order valence-electron chi connectivity index (χ1n) is 7.58. The van der Waals surface area contributed by atoms with Crippen LogP contribution in [0.3, 0.4) is 0 Å². The van der Waals surface area contributed by atoms with E-state index in [1.54, 1.807) is 7.85 Å². The number of hydrogen-bond acceptors (Lipinski definition) is 5. The van der Waals surface area contributed by atoms with Crippen molar-refractivity contribution in [3.63, 3.8) is 0 Å². The highest BCUT2D eigenvalue weighted by molar-refractivity contribution is 8.00. The van der Waals surface area contributed by atoms with Gasteiger partial charge in [-0.1, -0.05) is 27.2 Å². The first-order chi connectivity index (χ1) is 9.85. The van der Waals surface area contributed by atoms with Gasteiger partial charge in [0.1, 0.15) is 7.85 Å². The standard InChI is InChI=1S/C14H24BNO4S/c1-4-5-9(2)21-10(3)6-7-13(18)20-16-12(17)8-11(15)14(16)19/h9-11H,4-8,15H2,1-3H3. The molecule has 2 amide bonds. The number of hydroxylamine groups is 2. The lowest BCUT2D eigenvalue weighted by Gasteiger charge is -2.17. The first kappa shape index (κ1) is 18.1. The molecule has 0 saturated carbocycles. The van der Waals surface area contributed by atoms with E-state index in [1.165, 1.54) is 0 Å². The number of amides is 2. The maximum atomic E-state index is 11.7. The molecule has 3 unspecified atom stereocenters. The monoisotopic (exact) mass is 313 g/mol. The molecule has 1 rings (SSSR count). The van der Waals surface area contributed by atoms with Crippen LogP contribution in [0, 0.1) is 0 Å². The molecule has 0 aromatic heterocycles. The zero-order chi connectivity index (χ0) is 16.0. The van der Waals surface area contributed by atoms with Crippen LogP contribution in [0.1, 0.15) is 52.9 Å². The number of carbonyl (C=O) groups excluding carboxylic acids is 3. The maximum absolute atomic E-state index is 11.7. The summed E-state index contributed by atoms with van der Waals surface area (Å²) < 4.78 is 0. The predicted molar refractivity (Wildman–Crippen MR) is 85.5 cm³/mol. The van der Waals surface area contributed by atoms with Gasteiger partial charge in [0, 0.05) is 29.2 Å². The Labute approximate surface area is 131 Å². The molecule has 0 N–H and O–H groups in total. The van der Waals surface area contributed by atoms with E-state index >= 15 is 0 Å². The quantitative estimate of drug-likeness (QED) is 0.504. The molecule has 1 saturated heterocycles. The van der Waals surface area contributed by atoms with Gasteiger partial charge in [0.2, 0.25) is 0 Å². The van der Waals surface area contributed by atoms with Crippen molar-refractivity contribution in [3.05, 3.63) is 0 Å². The lowest BCUT2D eigenvalue weighted by Crippen LogP contribution is -2.32. The van der Waals surface area contributed by atoms with E-state index in [1.807, 2.05) is 11.8 Å². The summed E-state index contributed by atoms with van der Waals surface area (Å²) in [4.78, 5) is 39.8. The topological polar surface area (TPSA) is 63.7 Å². The lowest BCUT2D eigenvalue weighted by atomic mass is 9.86. The van der Waals surface area contributed by atoms with Crippen LogP contribution in [-0.4, -0.2) is 41.2 Å². The third kappa shape index (κ3) is 5.73. The minimum absolute atomic E-state index is 0.118. The minimum Gasteiger partial charge on any atom is -0.330 e. The van der Waals surface area contributed by atoms with Crippen molar-refractivity contribution in [2.45, 2.75) is 69.2 Å². The number of rotatable bonds is 8. The summed E-state index contributed by atoms with van der Waals surface area (Å²) in [6.07, 6.45) is 3.34. The molecular weight excluding hydrogens is 289 g/mol. The van der Waals surface area contributed by atoms with Gasteiger partial charge in [-0.15, -0.1) is 5.06 Å². The second-order valence-electron chi connectivity index (χ2n) is 5.68. The van der Waals surface area contributed by atoms with Crippen molar-refractivity contribution in [2.75, 3.05) is 0 Å². The van der Waals surface area contributed by atoms with Crippen LogP contribution < -0.4 is 0 Å². The van der Waals surface area contributed by atoms with Gasteiger partial charge >= 0.3 is 5.97 Å². The third-order valence-corrected chi connectivity index (χ3v) is 4.84. The number of thioether (sulfide) groups is 1. The zero-order valence-electron chi connectivity index (χ0n) is 13.3. The van der Waals surface area contributed by atoms with Crippen molar-refractivity contribution in [3.8, 4) is 0 Å². The highest BCUT2D eigenvalue weighted by atomic mass is 32.2. The van der Waals surface area contributed by atoms with E-state index in [0.717, 1.165) is 12.8 Å². The van der Waals surface area contributed by atoms with Crippen LogP contribution in [0.5, 0.6) is 0 Å². The Morgan fingerprint density at radius 2 is 2.00 bits per heavy atom. The van der Waals surface area contributed by atoms with Gasteiger partial charge in [0.05, 0.1) is 0 Å². The number of carbonyl (C=O) groups is 3. The maximum Gasteiger partial charge on any atom is 0.333 e. The number of imide groups is 1. The van der Waals surface area contributed by atoms with Gasteiger partial charge in [0.25, 0.3) is 11.8 Å². The molecule has 1 fully saturated rings. The molecular formula is C14H24BNO4S. The van der Waals surface area contributed by atoms with E-state index in [-0.39, 0.29) is 12.8 Å². The van der Waals surface area contributed by atoms with Crippen LogP contribution in [0.2, 0.25) is 5.82 Å². The molecule has 1 aliphatic rings. The molecule has 3 atom stereocenters. The van der Waals surface area contributed by atoms with Crippen LogP contribution in [-0.2, 0) is 19.2 Å². The summed E-state index contributed by atoms with van der Waals surface area (Å²) in [5.41, 5.74) is 0. The van der Waals surface area contributed by atoms with Crippen LogP contribution in [0.25, 0.3) is 0 Å². The first-order valence-corrected chi connectivity index (χ1v) is 8.52. The summed E-state index contributed by atoms with van der Waals surface area (Å²) in [5, 5.41) is 1.55. The normalized spacial score (nSPS) is 21.5.